The van der Waals surface area contributed by atoms with Crippen molar-refractivity contribution in [3.63, 3.8) is 0 Å². The second-order valence-corrected chi connectivity index (χ2v) is 8.57. The summed E-state index contributed by atoms with van der Waals surface area (Å²) >= 11 is 0. The number of aromatic amines is 1. The number of nitrogens with zero attached hydrogens (tertiary/aromatic N) is 1. The van der Waals surface area contributed by atoms with Crippen molar-refractivity contribution >= 4 is 16.8 Å². The molecule has 5 nitrogen and oxygen atoms in total. The summed E-state index contributed by atoms with van der Waals surface area (Å²) in [6.45, 7) is 2.83. The minimum absolute atomic E-state index is 0.182. The summed E-state index contributed by atoms with van der Waals surface area (Å²) in [6.07, 6.45) is 3.54. The third-order valence-corrected chi connectivity index (χ3v) is 6.30. The van der Waals surface area contributed by atoms with Crippen molar-refractivity contribution < 1.29 is 9.53 Å². The molecule has 0 saturated carbocycles. The second kappa shape index (κ2) is 9.92. The number of rotatable bonds is 8. The molecule has 1 amide bonds. The van der Waals surface area contributed by atoms with Crippen molar-refractivity contribution in [1.29, 1.82) is 0 Å². The van der Waals surface area contributed by atoms with Crippen LogP contribution in [0.4, 0.5) is 0 Å². The van der Waals surface area contributed by atoms with Crippen LogP contribution in [0.2, 0.25) is 0 Å². The Kier molecular flexibility index (Phi) is 6.40. The van der Waals surface area contributed by atoms with E-state index in [9.17, 15) is 4.79 Å². The predicted molar refractivity (Wildman–Crippen MR) is 131 cm³/mol. The molecule has 0 aliphatic carbocycles. The van der Waals surface area contributed by atoms with Gasteiger partial charge in [-0.25, -0.2) is 0 Å². The molecule has 2 N–H and O–H groups in total. The van der Waals surface area contributed by atoms with E-state index >= 15 is 0 Å². The van der Waals surface area contributed by atoms with E-state index < -0.39 is 0 Å². The fourth-order valence-corrected chi connectivity index (χ4v) is 4.49. The van der Waals surface area contributed by atoms with Crippen LogP contribution < -0.4 is 10.1 Å². The maximum Gasteiger partial charge on any atom is 0.240 e. The van der Waals surface area contributed by atoms with Crippen molar-refractivity contribution in [3.8, 4) is 5.75 Å². The van der Waals surface area contributed by atoms with Crippen LogP contribution in [0.15, 0.2) is 85.1 Å². The Balaban J connectivity index is 1.18. The zero-order valence-corrected chi connectivity index (χ0v) is 18.7. The molecule has 1 aliphatic rings. The average Bonchev–Trinajstić information content (AvgIpc) is 3.27. The molecule has 0 unspecified atom stereocenters. The topological polar surface area (TPSA) is 57.4 Å². The number of carbonyl (C=O) groups is 1. The van der Waals surface area contributed by atoms with Gasteiger partial charge in [0.25, 0.3) is 0 Å². The summed E-state index contributed by atoms with van der Waals surface area (Å²) in [6, 6.07) is 26.4. The lowest BCUT2D eigenvalue weighted by atomic mass is 10.0. The number of H-pyrrole nitrogens is 1. The van der Waals surface area contributed by atoms with Crippen molar-refractivity contribution in [2.24, 2.45) is 0 Å². The van der Waals surface area contributed by atoms with Gasteiger partial charge in [0.2, 0.25) is 5.91 Å². The summed E-state index contributed by atoms with van der Waals surface area (Å²) in [5, 5.41) is 4.61. The number of piperazine rings is 1. The minimum atomic E-state index is -0.182. The van der Waals surface area contributed by atoms with Crippen LogP contribution in [0.1, 0.15) is 16.7 Å². The molecular weight excluding hydrogens is 410 g/mol. The number of benzene rings is 3. The van der Waals surface area contributed by atoms with Gasteiger partial charge in [-0.1, -0.05) is 60.7 Å². The molecule has 1 aliphatic heterocycles. The highest BCUT2D eigenvalue weighted by atomic mass is 16.5. The largest absolute Gasteiger partial charge is 0.489 e. The van der Waals surface area contributed by atoms with Gasteiger partial charge in [0.15, 0.2) is 0 Å². The average molecular weight is 440 g/mol. The number of aromatic nitrogens is 1. The van der Waals surface area contributed by atoms with Gasteiger partial charge in [-0.2, -0.15) is 0 Å². The molecule has 0 bridgehead atoms. The standard InChI is InChI=1S/C28H29N3O2/c32-28-27(18-23-19-30-26-12-5-4-11-25(23)26)29-14-16-31(28)15-13-21-9-6-10-24(17-21)33-20-22-7-2-1-3-8-22/h1-12,17,19,27,29-30H,13-16,18,20H2/t27-/m0/s1. The molecule has 168 valence electrons. The quantitative estimate of drug-likeness (QED) is 0.430. The lowest BCUT2D eigenvalue weighted by molar-refractivity contribution is -0.135. The van der Waals surface area contributed by atoms with E-state index in [0.717, 1.165) is 36.3 Å². The zero-order chi connectivity index (χ0) is 22.5. The molecular formula is C28H29N3O2. The molecule has 33 heavy (non-hydrogen) atoms. The van der Waals surface area contributed by atoms with Crippen molar-refractivity contribution in [2.45, 2.75) is 25.5 Å². The Morgan fingerprint density at radius 2 is 1.76 bits per heavy atom. The predicted octanol–water partition coefficient (Wildman–Crippen LogP) is 4.33. The van der Waals surface area contributed by atoms with Gasteiger partial charge in [-0.3, -0.25) is 4.79 Å². The van der Waals surface area contributed by atoms with Gasteiger partial charge in [-0.05, 0) is 47.7 Å². The lowest BCUT2D eigenvalue weighted by Gasteiger charge is -2.33. The molecule has 5 heteroatoms. The van der Waals surface area contributed by atoms with Gasteiger partial charge < -0.3 is 19.9 Å². The van der Waals surface area contributed by atoms with Gasteiger partial charge in [0.05, 0.1) is 6.04 Å². The van der Waals surface area contributed by atoms with Gasteiger partial charge in [0.1, 0.15) is 12.4 Å². The number of carbonyl (C=O) groups excluding carboxylic acids is 1. The summed E-state index contributed by atoms with van der Waals surface area (Å²) in [5.41, 5.74) is 4.62. The Hall–Kier alpha value is -3.57. The van der Waals surface area contributed by atoms with E-state index in [0.29, 0.717) is 19.6 Å². The molecule has 1 saturated heterocycles. The highest BCUT2D eigenvalue weighted by Crippen LogP contribution is 2.21. The number of hydrogen-bond acceptors (Lipinski definition) is 3. The maximum absolute atomic E-state index is 13.2. The maximum atomic E-state index is 13.2. The Morgan fingerprint density at radius 3 is 2.67 bits per heavy atom. The molecule has 1 aromatic heterocycles. The first-order valence-corrected chi connectivity index (χ1v) is 11.6. The van der Waals surface area contributed by atoms with Crippen LogP contribution in [0.5, 0.6) is 5.75 Å². The van der Waals surface area contributed by atoms with Crippen molar-refractivity contribution in [2.75, 3.05) is 19.6 Å². The first-order valence-electron chi connectivity index (χ1n) is 11.6. The lowest BCUT2D eigenvalue weighted by Crippen LogP contribution is -2.56. The van der Waals surface area contributed by atoms with E-state index in [2.05, 4.69) is 46.7 Å². The van der Waals surface area contributed by atoms with E-state index in [1.54, 1.807) is 0 Å². The number of nitrogens with one attached hydrogen (secondary N) is 2. The van der Waals surface area contributed by atoms with Gasteiger partial charge >= 0.3 is 0 Å². The SMILES string of the molecule is O=C1[C@H](Cc2c[nH]c3ccccc23)NCCN1CCc1cccc(OCc2ccccc2)c1. The van der Waals surface area contributed by atoms with Crippen LogP contribution in [0.3, 0.4) is 0 Å². The van der Waals surface area contributed by atoms with Gasteiger partial charge in [-0.15, -0.1) is 0 Å². The van der Waals surface area contributed by atoms with Crippen molar-refractivity contribution in [3.05, 3.63) is 102 Å². The second-order valence-electron chi connectivity index (χ2n) is 8.57. The Morgan fingerprint density at radius 1 is 0.939 bits per heavy atom. The molecule has 1 fully saturated rings. The highest BCUT2D eigenvalue weighted by molar-refractivity contribution is 5.86. The van der Waals surface area contributed by atoms with E-state index in [1.165, 1.54) is 16.5 Å². The van der Waals surface area contributed by atoms with Crippen LogP contribution in [-0.4, -0.2) is 41.5 Å². The van der Waals surface area contributed by atoms with E-state index in [4.69, 9.17) is 4.74 Å². The molecule has 1 atom stereocenters. The van der Waals surface area contributed by atoms with Crippen LogP contribution in [-0.2, 0) is 24.2 Å². The van der Waals surface area contributed by atoms with Crippen LogP contribution in [0.25, 0.3) is 10.9 Å². The molecule has 0 spiro atoms. The third-order valence-electron chi connectivity index (χ3n) is 6.30. The van der Waals surface area contributed by atoms with E-state index in [1.807, 2.05) is 53.6 Å². The summed E-state index contributed by atoms with van der Waals surface area (Å²) < 4.78 is 5.96. The zero-order valence-electron chi connectivity index (χ0n) is 18.7. The summed E-state index contributed by atoms with van der Waals surface area (Å²) in [7, 11) is 0. The Bertz CT molecular complexity index is 1220. The number of para-hydroxylation sites is 1. The number of amides is 1. The fourth-order valence-electron chi connectivity index (χ4n) is 4.49. The van der Waals surface area contributed by atoms with Crippen LogP contribution >= 0.6 is 0 Å². The summed E-state index contributed by atoms with van der Waals surface area (Å²) in [5.74, 6) is 1.04. The monoisotopic (exact) mass is 439 g/mol. The number of ether oxygens (including phenoxy) is 1. The first-order chi connectivity index (χ1) is 16.3. The normalized spacial score (nSPS) is 16.3. The fraction of sp³-hybridized carbons (Fsp3) is 0.250. The highest BCUT2D eigenvalue weighted by Gasteiger charge is 2.28. The number of fused-ring (bicyclic) bond motifs is 1. The van der Waals surface area contributed by atoms with Crippen LogP contribution in [0, 0.1) is 0 Å². The molecule has 4 aromatic rings. The summed E-state index contributed by atoms with van der Waals surface area (Å²) in [4.78, 5) is 18.5. The molecule has 2 heterocycles. The first kappa shape index (κ1) is 21.3. The molecule has 3 aromatic carbocycles. The molecule has 5 rings (SSSR count). The third kappa shape index (κ3) is 5.10. The Labute approximate surface area is 194 Å². The smallest absolute Gasteiger partial charge is 0.240 e. The number of hydrogen-bond donors (Lipinski definition) is 2. The molecule has 0 radical (unpaired) electrons. The minimum Gasteiger partial charge on any atom is -0.489 e. The van der Waals surface area contributed by atoms with Crippen molar-refractivity contribution in [1.82, 2.24) is 15.2 Å². The van der Waals surface area contributed by atoms with Gasteiger partial charge in [0, 0.05) is 36.7 Å². The van der Waals surface area contributed by atoms with E-state index in [-0.39, 0.29) is 11.9 Å².